The SMILES string of the molecule is COc1ccccc1NC(N)=Nc1ccc(-c2cccc(NC(=O)Nc3cc[nH+]cc3)c2)cn1. The maximum Gasteiger partial charge on any atom is 0.323 e. The molecule has 4 aromatic rings. The fourth-order valence-electron chi connectivity index (χ4n) is 3.20. The standard InChI is InChI=1S/C25H23N7O2/c1-34-22-8-3-2-7-21(22)31-24(26)32-23-10-9-18(16-28-23)17-5-4-6-20(15-17)30-25(33)29-19-11-13-27-14-12-19/h2-16H,1H3,(H3,26,28,31,32)(H2,27,29,30,33)/p+1. The third-order valence-corrected chi connectivity index (χ3v) is 4.78. The highest BCUT2D eigenvalue weighted by molar-refractivity contribution is 6.00. The van der Waals surface area contributed by atoms with Gasteiger partial charge < -0.3 is 26.4 Å². The number of anilines is 3. The second-order valence-corrected chi connectivity index (χ2v) is 7.18. The van der Waals surface area contributed by atoms with Gasteiger partial charge in [0.1, 0.15) is 5.75 Å². The van der Waals surface area contributed by atoms with E-state index in [4.69, 9.17) is 10.5 Å². The van der Waals surface area contributed by atoms with Crippen LogP contribution in [0.4, 0.5) is 27.7 Å². The van der Waals surface area contributed by atoms with Crippen LogP contribution in [0, 0.1) is 0 Å². The first-order chi connectivity index (χ1) is 16.6. The quantitative estimate of drug-likeness (QED) is 0.255. The van der Waals surface area contributed by atoms with Gasteiger partial charge in [0, 0.05) is 29.6 Å². The molecule has 0 saturated heterocycles. The third-order valence-electron chi connectivity index (χ3n) is 4.78. The number of H-pyrrole nitrogens is 1. The first-order valence-corrected chi connectivity index (χ1v) is 10.5. The number of urea groups is 1. The van der Waals surface area contributed by atoms with E-state index in [1.807, 2.05) is 54.6 Å². The number of para-hydroxylation sites is 2. The van der Waals surface area contributed by atoms with E-state index in [1.165, 1.54) is 0 Å². The fourth-order valence-corrected chi connectivity index (χ4v) is 3.20. The number of nitrogens with one attached hydrogen (secondary N) is 4. The molecular weight excluding hydrogens is 430 g/mol. The summed E-state index contributed by atoms with van der Waals surface area (Å²) in [5, 5.41) is 8.62. The zero-order chi connectivity index (χ0) is 23.8. The number of guanidine groups is 1. The number of hydrogen-bond acceptors (Lipinski definition) is 4. The Morgan fingerprint density at radius 2 is 1.71 bits per heavy atom. The molecule has 0 bridgehead atoms. The minimum Gasteiger partial charge on any atom is -0.495 e. The summed E-state index contributed by atoms with van der Waals surface area (Å²) in [7, 11) is 1.59. The van der Waals surface area contributed by atoms with Gasteiger partial charge in [-0.05, 0) is 42.0 Å². The predicted octanol–water partition coefficient (Wildman–Crippen LogP) is 4.27. The lowest BCUT2D eigenvalue weighted by Gasteiger charge is -2.10. The molecule has 2 heterocycles. The van der Waals surface area contributed by atoms with Crippen LogP contribution in [0.25, 0.3) is 11.1 Å². The van der Waals surface area contributed by atoms with Crippen molar-refractivity contribution >= 4 is 34.9 Å². The summed E-state index contributed by atoms with van der Waals surface area (Å²) in [5.74, 6) is 1.31. The van der Waals surface area contributed by atoms with E-state index >= 15 is 0 Å². The van der Waals surface area contributed by atoms with Gasteiger partial charge in [0.2, 0.25) is 0 Å². The van der Waals surface area contributed by atoms with Crippen molar-refractivity contribution in [3.63, 3.8) is 0 Å². The van der Waals surface area contributed by atoms with Crippen LogP contribution >= 0.6 is 0 Å². The lowest BCUT2D eigenvalue weighted by Crippen LogP contribution is -2.22. The summed E-state index contributed by atoms with van der Waals surface area (Å²) in [6.07, 6.45) is 5.17. The number of aromatic amines is 1. The van der Waals surface area contributed by atoms with Crippen molar-refractivity contribution < 1.29 is 14.5 Å². The van der Waals surface area contributed by atoms with Crippen LogP contribution in [0.1, 0.15) is 0 Å². The minimum absolute atomic E-state index is 0.193. The van der Waals surface area contributed by atoms with E-state index in [9.17, 15) is 4.79 Å². The molecule has 0 aliphatic rings. The van der Waals surface area contributed by atoms with Crippen LogP contribution in [0.3, 0.4) is 0 Å². The monoisotopic (exact) mass is 454 g/mol. The Hall–Kier alpha value is -4.92. The van der Waals surface area contributed by atoms with Crippen molar-refractivity contribution in [1.29, 1.82) is 0 Å². The Morgan fingerprint density at radius 3 is 2.47 bits per heavy atom. The van der Waals surface area contributed by atoms with Crippen LogP contribution in [0.15, 0.2) is 96.4 Å². The van der Waals surface area contributed by atoms with Gasteiger partial charge in [0.05, 0.1) is 18.5 Å². The molecule has 0 spiro atoms. The number of nitrogens with two attached hydrogens (primary N) is 1. The Morgan fingerprint density at radius 1 is 0.912 bits per heavy atom. The van der Waals surface area contributed by atoms with Crippen LogP contribution < -0.4 is 31.4 Å². The van der Waals surface area contributed by atoms with E-state index in [0.29, 0.717) is 28.6 Å². The summed E-state index contributed by atoms with van der Waals surface area (Å²) < 4.78 is 5.30. The zero-order valence-corrected chi connectivity index (χ0v) is 18.4. The van der Waals surface area contributed by atoms with Crippen LogP contribution in [-0.2, 0) is 0 Å². The van der Waals surface area contributed by atoms with Crippen molar-refractivity contribution in [2.45, 2.75) is 0 Å². The maximum atomic E-state index is 12.3. The molecule has 9 nitrogen and oxygen atoms in total. The smallest absolute Gasteiger partial charge is 0.323 e. The Balaban J connectivity index is 1.42. The number of carbonyl (C=O) groups is 1. The molecule has 34 heavy (non-hydrogen) atoms. The summed E-state index contributed by atoms with van der Waals surface area (Å²) in [4.78, 5) is 23.9. The molecule has 0 fully saturated rings. The second-order valence-electron chi connectivity index (χ2n) is 7.18. The number of nitrogens with zero attached hydrogens (tertiary/aromatic N) is 2. The largest absolute Gasteiger partial charge is 0.495 e. The van der Waals surface area contributed by atoms with Crippen molar-refractivity contribution in [2.75, 3.05) is 23.1 Å². The zero-order valence-electron chi connectivity index (χ0n) is 18.4. The highest BCUT2D eigenvalue weighted by Crippen LogP contribution is 2.25. The summed E-state index contributed by atoms with van der Waals surface area (Å²) in [6.45, 7) is 0. The number of aromatic nitrogens is 2. The van der Waals surface area contributed by atoms with Gasteiger partial charge in [-0.3, -0.25) is 0 Å². The fraction of sp³-hybridized carbons (Fsp3) is 0.0400. The molecule has 0 radical (unpaired) electrons. The minimum atomic E-state index is -0.329. The number of benzene rings is 2. The highest BCUT2D eigenvalue weighted by atomic mass is 16.5. The molecule has 4 rings (SSSR count). The van der Waals surface area contributed by atoms with Crippen molar-refractivity contribution in [3.8, 4) is 16.9 Å². The van der Waals surface area contributed by atoms with E-state index in [0.717, 1.165) is 11.1 Å². The van der Waals surface area contributed by atoms with Gasteiger partial charge in [-0.25, -0.2) is 14.8 Å². The van der Waals surface area contributed by atoms with E-state index in [1.54, 1.807) is 43.9 Å². The molecule has 170 valence electrons. The molecule has 0 aliphatic heterocycles. The third kappa shape index (κ3) is 5.86. The van der Waals surface area contributed by atoms with Crippen LogP contribution in [0.5, 0.6) is 5.75 Å². The molecular formula is C25H24N7O2+. The van der Waals surface area contributed by atoms with Crippen molar-refractivity contribution in [1.82, 2.24) is 4.98 Å². The number of rotatable bonds is 6. The average Bonchev–Trinajstić information content (AvgIpc) is 2.85. The first-order valence-electron chi connectivity index (χ1n) is 10.5. The van der Waals surface area contributed by atoms with E-state index < -0.39 is 0 Å². The van der Waals surface area contributed by atoms with Gasteiger partial charge in [0.25, 0.3) is 0 Å². The molecule has 2 amide bonds. The average molecular weight is 455 g/mol. The maximum absolute atomic E-state index is 12.3. The number of ether oxygens (including phenoxy) is 1. The molecule has 0 atom stereocenters. The van der Waals surface area contributed by atoms with E-state index in [-0.39, 0.29) is 12.0 Å². The van der Waals surface area contributed by atoms with Gasteiger partial charge in [-0.2, -0.15) is 4.99 Å². The summed E-state index contributed by atoms with van der Waals surface area (Å²) >= 11 is 0. The molecule has 0 unspecified atom stereocenters. The molecule has 0 aliphatic carbocycles. The number of amides is 2. The number of hydrogen-bond donors (Lipinski definition) is 4. The number of methoxy groups -OCH3 is 1. The molecule has 6 N–H and O–H groups in total. The topological polar surface area (TPSA) is 128 Å². The van der Waals surface area contributed by atoms with Crippen LogP contribution in [0.2, 0.25) is 0 Å². The van der Waals surface area contributed by atoms with Gasteiger partial charge in [0.15, 0.2) is 24.2 Å². The second kappa shape index (κ2) is 10.6. The Bertz CT molecular complexity index is 1290. The molecule has 9 heteroatoms. The Labute approximate surface area is 196 Å². The van der Waals surface area contributed by atoms with Gasteiger partial charge >= 0.3 is 6.03 Å². The number of carbonyl (C=O) groups excluding carboxylic acids is 1. The molecule has 2 aromatic heterocycles. The summed E-state index contributed by atoms with van der Waals surface area (Å²) in [5.41, 5.74) is 9.85. The van der Waals surface area contributed by atoms with Crippen LogP contribution in [-0.4, -0.2) is 24.1 Å². The van der Waals surface area contributed by atoms with E-state index in [2.05, 4.69) is 30.9 Å². The predicted molar refractivity (Wildman–Crippen MR) is 133 cm³/mol. The number of aliphatic imine (C=N–C) groups is 1. The Kier molecular flexibility index (Phi) is 6.94. The normalized spacial score (nSPS) is 10.9. The highest BCUT2D eigenvalue weighted by Gasteiger charge is 2.06. The summed E-state index contributed by atoms with van der Waals surface area (Å²) in [6, 6.07) is 21.8. The lowest BCUT2D eigenvalue weighted by molar-refractivity contribution is -0.377. The molecule has 0 saturated carbocycles. The lowest BCUT2D eigenvalue weighted by atomic mass is 10.1. The van der Waals surface area contributed by atoms with Gasteiger partial charge in [-0.15, -0.1) is 0 Å². The first kappa shape index (κ1) is 22.3. The van der Waals surface area contributed by atoms with Crippen molar-refractivity contribution in [3.05, 3.63) is 91.4 Å². The molecule has 2 aromatic carbocycles. The van der Waals surface area contributed by atoms with Crippen molar-refractivity contribution in [2.24, 2.45) is 10.7 Å². The number of pyridine rings is 2. The van der Waals surface area contributed by atoms with Gasteiger partial charge in [-0.1, -0.05) is 24.3 Å².